The van der Waals surface area contributed by atoms with E-state index in [1.165, 1.54) is 0 Å². The van der Waals surface area contributed by atoms with Crippen molar-refractivity contribution in [3.8, 4) is 0 Å². The second kappa shape index (κ2) is 7.59. The van der Waals surface area contributed by atoms with E-state index in [0.29, 0.717) is 39.3 Å². The molecule has 1 aromatic heterocycles. The highest BCUT2D eigenvalue weighted by atomic mass is 79.9. The van der Waals surface area contributed by atoms with Gasteiger partial charge in [-0.25, -0.2) is 0 Å². The lowest BCUT2D eigenvalue weighted by Crippen LogP contribution is -2.41. The molecule has 1 saturated heterocycles. The van der Waals surface area contributed by atoms with E-state index in [1.54, 1.807) is 11.3 Å². The highest BCUT2D eigenvalue weighted by Crippen LogP contribution is 2.31. The Hall–Kier alpha value is -0.140. The molecular formula is C12H16BrClN2O2S. The summed E-state index contributed by atoms with van der Waals surface area (Å²) < 4.78 is 6.92. The Morgan fingerprint density at radius 3 is 2.89 bits per heavy atom. The minimum atomic E-state index is 0.196. The predicted molar refractivity (Wildman–Crippen MR) is 80.8 cm³/mol. The average Bonchev–Trinajstić information content (AvgIpc) is 2.74. The molecule has 0 saturated carbocycles. The van der Waals surface area contributed by atoms with Crippen LogP contribution in [0, 0.1) is 0 Å². The first-order valence-electron chi connectivity index (χ1n) is 6.17. The smallest absolute Gasteiger partial charge is 0.224 e. The molecule has 1 aliphatic heterocycles. The third-order valence-corrected chi connectivity index (χ3v) is 5.35. The molecule has 0 spiro atoms. The minimum absolute atomic E-state index is 0.196. The maximum atomic E-state index is 11.9. The molecule has 106 valence electrons. The van der Waals surface area contributed by atoms with Gasteiger partial charge in [-0.05, 0) is 22.0 Å². The highest BCUT2D eigenvalue weighted by molar-refractivity contribution is 9.10. The normalized spacial score (nSPS) is 15.8. The summed E-state index contributed by atoms with van der Waals surface area (Å²) in [6.45, 7) is 4.16. The third-order valence-electron chi connectivity index (χ3n) is 2.87. The van der Waals surface area contributed by atoms with Crippen LogP contribution in [0.4, 0.5) is 0 Å². The van der Waals surface area contributed by atoms with Crippen LogP contribution in [0.2, 0.25) is 4.34 Å². The standard InChI is InChI=1S/C12H16BrClN2O2S/c13-10-7-9(19-12(10)14)8-15-2-1-11(17)16-3-5-18-6-4-16/h7,15H,1-6,8H2. The zero-order valence-corrected chi connectivity index (χ0v) is 13.6. The summed E-state index contributed by atoms with van der Waals surface area (Å²) in [7, 11) is 0. The number of carbonyl (C=O) groups is 1. The molecule has 2 heterocycles. The van der Waals surface area contributed by atoms with Crippen molar-refractivity contribution in [1.82, 2.24) is 10.2 Å². The molecule has 7 heteroatoms. The molecular weight excluding hydrogens is 352 g/mol. The average molecular weight is 368 g/mol. The lowest BCUT2D eigenvalue weighted by Gasteiger charge is -2.26. The molecule has 19 heavy (non-hydrogen) atoms. The Balaban J connectivity index is 1.64. The van der Waals surface area contributed by atoms with Crippen molar-refractivity contribution in [3.05, 3.63) is 19.8 Å². The van der Waals surface area contributed by atoms with Gasteiger partial charge in [0.15, 0.2) is 0 Å². The monoisotopic (exact) mass is 366 g/mol. The first-order valence-corrected chi connectivity index (χ1v) is 8.15. The first kappa shape index (κ1) is 15.3. The van der Waals surface area contributed by atoms with E-state index >= 15 is 0 Å². The summed E-state index contributed by atoms with van der Waals surface area (Å²) in [5, 5.41) is 3.26. The van der Waals surface area contributed by atoms with Crippen LogP contribution in [0.25, 0.3) is 0 Å². The van der Waals surface area contributed by atoms with Gasteiger partial charge in [0, 0.05) is 41.9 Å². The van der Waals surface area contributed by atoms with Crippen LogP contribution in [-0.2, 0) is 16.1 Å². The van der Waals surface area contributed by atoms with Crippen LogP contribution in [0.5, 0.6) is 0 Å². The molecule has 1 aliphatic rings. The second-order valence-corrected chi connectivity index (χ2v) is 6.85. The van der Waals surface area contributed by atoms with E-state index in [-0.39, 0.29) is 5.91 Å². The number of thiophene rings is 1. The van der Waals surface area contributed by atoms with Gasteiger partial charge in [-0.1, -0.05) is 11.6 Å². The zero-order chi connectivity index (χ0) is 13.7. The summed E-state index contributed by atoms with van der Waals surface area (Å²) in [6.07, 6.45) is 0.528. The molecule has 0 aliphatic carbocycles. The number of halogens is 2. The molecule has 0 bridgehead atoms. The molecule has 1 N–H and O–H groups in total. The molecule has 1 aromatic rings. The van der Waals surface area contributed by atoms with Gasteiger partial charge in [0.05, 0.1) is 13.2 Å². The van der Waals surface area contributed by atoms with Crippen LogP contribution >= 0.6 is 38.9 Å². The van der Waals surface area contributed by atoms with Crippen LogP contribution in [0.15, 0.2) is 10.5 Å². The van der Waals surface area contributed by atoms with Gasteiger partial charge in [-0.2, -0.15) is 0 Å². The highest BCUT2D eigenvalue weighted by Gasteiger charge is 2.15. The largest absolute Gasteiger partial charge is 0.378 e. The van der Waals surface area contributed by atoms with Crippen LogP contribution in [0.1, 0.15) is 11.3 Å². The number of nitrogens with zero attached hydrogens (tertiary/aromatic N) is 1. The molecule has 0 atom stereocenters. The van der Waals surface area contributed by atoms with E-state index in [2.05, 4.69) is 21.2 Å². The van der Waals surface area contributed by atoms with Crippen molar-refractivity contribution in [2.45, 2.75) is 13.0 Å². The number of amides is 1. The van der Waals surface area contributed by atoms with Gasteiger partial charge < -0.3 is 15.0 Å². The maximum absolute atomic E-state index is 11.9. The Bertz CT molecular complexity index is 416. The SMILES string of the molecule is O=C(CCNCc1cc(Br)c(Cl)s1)N1CCOCC1. The van der Waals surface area contributed by atoms with Crippen molar-refractivity contribution >= 4 is 44.8 Å². The predicted octanol–water partition coefficient (Wildman–Crippen LogP) is 2.50. The van der Waals surface area contributed by atoms with Gasteiger partial charge in [-0.15, -0.1) is 11.3 Å². The van der Waals surface area contributed by atoms with Gasteiger partial charge in [0.2, 0.25) is 5.91 Å². The van der Waals surface area contributed by atoms with E-state index in [0.717, 1.165) is 20.2 Å². The molecule has 1 amide bonds. The Labute approximate surface area is 130 Å². The summed E-state index contributed by atoms with van der Waals surface area (Å²) in [5.41, 5.74) is 0. The molecule has 1 fully saturated rings. The summed E-state index contributed by atoms with van der Waals surface area (Å²) in [6, 6.07) is 2.00. The number of rotatable bonds is 5. The van der Waals surface area contributed by atoms with Gasteiger partial charge in [0.25, 0.3) is 0 Å². The minimum Gasteiger partial charge on any atom is -0.378 e. The molecule has 4 nitrogen and oxygen atoms in total. The molecule has 0 unspecified atom stereocenters. The molecule has 2 rings (SSSR count). The summed E-state index contributed by atoms with van der Waals surface area (Å²) >= 11 is 10.9. The van der Waals surface area contributed by atoms with Gasteiger partial charge in [-0.3, -0.25) is 4.79 Å². The third kappa shape index (κ3) is 4.72. The van der Waals surface area contributed by atoms with Crippen molar-refractivity contribution in [1.29, 1.82) is 0 Å². The van der Waals surface area contributed by atoms with Crippen molar-refractivity contribution < 1.29 is 9.53 Å². The van der Waals surface area contributed by atoms with Crippen molar-refractivity contribution in [2.75, 3.05) is 32.8 Å². The van der Waals surface area contributed by atoms with E-state index < -0.39 is 0 Å². The maximum Gasteiger partial charge on any atom is 0.224 e. The van der Waals surface area contributed by atoms with Crippen LogP contribution < -0.4 is 5.32 Å². The lowest BCUT2D eigenvalue weighted by atomic mass is 10.3. The van der Waals surface area contributed by atoms with Gasteiger partial charge >= 0.3 is 0 Å². The fourth-order valence-corrected chi connectivity index (χ4v) is 3.62. The fraction of sp³-hybridized carbons (Fsp3) is 0.583. The topological polar surface area (TPSA) is 41.6 Å². The number of carbonyl (C=O) groups excluding carboxylic acids is 1. The Kier molecular flexibility index (Phi) is 6.09. The van der Waals surface area contributed by atoms with E-state index in [9.17, 15) is 4.79 Å². The number of hydrogen-bond acceptors (Lipinski definition) is 4. The molecule has 0 aromatic carbocycles. The van der Waals surface area contributed by atoms with Crippen molar-refractivity contribution in [3.63, 3.8) is 0 Å². The number of morpholine rings is 1. The van der Waals surface area contributed by atoms with E-state index in [1.807, 2.05) is 11.0 Å². The van der Waals surface area contributed by atoms with Crippen molar-refractivity contribution in [2.24, 2.45) is 0 Å². The lowest BCUT2D eigenvalue weighted by molar-refractivity contribution is -0.135. The van der Waals surface area contributed by atoms with E-state index in [4.69, 9.17) is 16.3 Å². The van der Waals surface area contributed by atoms with Crippen LogP contribution in [0.3, 0.4) is 0 Å². The number of hydrogen-bond donors (Lipinski definition) is 1. The first-order chi connectivity index (χ1) is 9.16. The van der Waals surface area contributed by atoms with Gasteiger partial charge in [0.1, 0.15) is 4.34 Å². The number of ether oxygens (including phenoxy) is 1. The Morgan fingerprint density at radius 1 is 1.53 bits per heavy atom. The summed E-state index contributed by atoms with van der Waals surface area (Å²) in [4.78, 5) is 14.9. The Morgan fingerprint density at radius 2 is 2.26 bits per heavy atom. The zero-order valence-electron chi connectivity index (χ0n) is 10.5. The molecule has 0 radical (unpaired) electrons. The van der Waals surface area contributed by atoms with Crippen LogP contribution in [-0.4, -0.2) is 43.7 Å². The number of nitrogens with one attached hydrogen (secondary N) is 1. The summed E-state index contributed by atoms with van der Waals surface area (Å²) in [5.74, 6) is 0.196. The fourth-order valence-electron chi connectivity index (χ4n) is 1.86. The second-order valence-electron chi connectivity index (χ2n) is 4.25. The quantitative estimate of drug-likeness (QED) is 0.813.